The van der Waals surface area contributed by atoms with Gasteiger partial charge in [0.1, 0.15) is 0 Å². The van der Waals surface area contributed by atoms with Gasteiger partial charge < -0.3 is 11.1 Å². The highest BCUT2D eigenvalue weighted by molar-refractivity contribution is 5.78. The highest BCUT2D eigenvalue weighted by Crippen LogP contribution is 2.29. The van der Waals surface area contributed by atoms with Crippen molar-refractivity contribution in [3.8, 4) is 0 Å². The Hall–Kier alpha value is -0.570. The summed E-state index contributed by atoms with van der Waals surface area (Å²) in [4.78, 5) is 12.2. The second-order valence-corrected chi connectivity index (χ2v) is 6.47. The summed E-state index contributed by atoms with van der Waals surface area (Å²) in [6.07, 6.45) is 12.4. The molecule has 2 unspecified atom stereocenters. The second-order valence-electron chi connectivity index (χ2n) is 6.47. The number of carbonyl (C=O) groups excluding carboxylic acids is 1. The molecule has 0 heterocycles. The molecule has 3 N–H and O–H groups in total. The van der Waals surface area contributed by atoms with Crippen LogP contribution in [0.25, 0.3) is 0 Å². The number of carbonyl (C=O) groups is 1. The first-order valence-electron chi connectivity index (χ1n) is 8.29. The summed E-state index contributed by atoms with van der Waals surface area (Å²) in [7, 11) is 0. The molecule has 2 aliphatic rings. The summed E-state index contributed by atoms with van der Waals surface area (Å²) in [5, 5.41) is 3.22. The van der Waals surface area contributed by atoms with Gasteiger partial charge in [-0.25, -0.2) is 0 Å². The fraction of sp³-hybridized carbons (Fsp3) is 0.938. The van der Waals surface area contributed by atoms with Gasteiger partial charge in [0.25, 0.3) is 0 Å². The second kappa shape index (κ2) is 7.88. The van der Waals surface area contributed by atoms with Crippen molar-refractivity contribution in [2.24, 2.45) is 23.5 Å². The van der Waals surface area contributed by atoms with Crippen LogP contribution >= 0.6 is 0 Å². The van der Waals surface area contributed by atoms with Crippen molar-refractivity contribution >= 4 is 5.91 Å². The molecule has 2 atom stereocenters. The van der Waals surface area contributed by atoms with Crippen molar-refractivity contribution in [1.29, 1.82) is 0 Å². The highest BCUT2D eigenvalue weighted by atomic mass is 16.1. The van der Waals surface area contributed by atoms with Gasteiger partial charge in [0.15, 0.2) is 0 Å². The lowest BCUT2D eigenvalue weighted by atomic mass is 9.79. The molecule has 2 rings (SSSR count). The van der Waals surface area contributed by atoms with Crippen LogP contribution in [0.1, 0.15) is 64.2 Å². The van der Waals surface area contributed by atoms with Crippen molar-refractivity contribution in [3.63, 3.8) is 0 Å². The summed E-state index contributed by atoms with van der Waals surface area (Å²) >= 11 is 0. The molecule has 0 spiro atoms. The molecule has 0 aromatic rings. The van der Waals surface area contributed by atoms with E-state index in [1.165, 1.54) is 51.4 Å². The molecule has 0 aliphatic heterocycles. The molecule has 2 saturated carbocycles. The maximum atomic E-state index is 12.2. The van der Waals surface area contributed by atoms with Crippen LogP contribution < -0.4 is 11.1 Å². The average Bonchev–Trinajstić information content (AvgIpc) is 2.74. The van der Waals surface area contributed by atoms with Crippen molar-refractivity contribution in [1.82, 2.24) is 5.32 Å². The minimum absolute atomic E-state index is 0.280. The molecule has 0 aromatic carbocycles. The quantitative estimate of drug-likeness (QED) is 0.769. The number of hydrogen-bond donors (Lipinski definition) is 2. The number of nitrogens with one attached hydrogen (secondary N) is 1. The Bertz CT molecular complexity index is 272. The van der Waals surface area contributed by atoms with E-state index in [9.17, 15) is 4.79 Å². The van der Waals surface area contributed by atoms with Gasteiger partial charge in [0.05, 0.1) is 0 Å². The predicted octanol–water partition coefficient (Wildman–Crippen LogP) is 2.84. The smallest absolute Gasteiger partial charge is 0.223 e. The van der Waals surface area contributed by atoms with Gasteiger partial charge in [0, 0.05) is 12.5 Å². The number of amides is 1. The van der Waals surface area contributed by atoms with Crippen molar-refractivity contribution in [2.45, 2.75) is 64.2 Å². The van der Waals surface area contributed by atoms with Gasteiger partial charge >= 0.3 is 0 Å². The minimum Gasteiger partial charge on any atom is -0.356 e. The Labute approximate surface area is 117 Å². The number of nitrogens with two attached hydrogens (primary N) is 1. The van der Waals surface area contributed by atoms with E-state index in [1.807, 2.05) is 0 Å². The van der Waals surface area contributed by atoms with Crippen LogP contribution in [0.5, 0.6) is 0 Å². The van der Waals surface area contributed by atoms with Gasteiger partial charge in [-0.15, -0.1) is 0 Å². The van der Waals surface area contributed by atoms with Crippen LogP contribution in [0.2, 0.25) is 0 Å². The van der Waals surface area contributed by atoms with Crippen LogP contribution in [-0.4, -0.2) is 19.0 Å². The Morgan fingerprint density at radius 3 is 2.11 bits per heavy atom. The third kappa shape index (κ3) is 4.48. The van der Waals surface area contributed by atoms with Crippen molar-refractivity contribution < 1.29 is 4.79 Å². The molecule has 19 heavy (non-hydrogen) atoms. The van der Waals surface area contributed by atoms with Gasteiger partial charge in [-0.3, -0.25) is 4.79 Å². The molecule has 110 valence electrons. The molecule has 3 heteroatoms. The van der Waals surface area contributed by atoms with Gasteiger partial charge in [-0.1, -0.05) is 38.5 Å². The Kier molecular flexibility index (Phi) is 6.15. The first-order valence-corrected chi connectivity index (χ1v) is 8.29. The van der Waals surface area contributed by atoms with E-state index < -0.39 is 0 Å². The molecule has 2 fully saturated rings. The number of rotatable bonds is 4. The molecule has 3 nitrogen and oxygen atoms in total. The van der Waals surface area contributed by atoms with Crippen LogP contribution in [0, 0.1) is 17.8 Å². The first kappa shape index (κ1) is 14.8. The maximum Gasteiger partial charge on any atom is 0.223 e. The van der Waals surface area contributed by atoms with Crippen LogP contribution in [0.3, 0.4) is 0 Å². The van der Waals surface area contributed by atoms with E-state index in [-0.39, 0.29) is 5.92 Å². The van der Waals surface area contributed by atoms with E-state index in [0.717, 1.165) is 25.9 Å². The van der Waals surface area contributed by atoms with E-state index in [4.69, 9.17) is 5.73 Å². The predicted molar refractivity (Wildman–Crippen MR) is 78.7 cm³/mol. The average molecular weight is 266 g/mol. The summed E-state index contributed by atoms with van der Waals surface area (Å²) in [6, 6.07) is 0. The SMILES string of the molecule is NCC1CCCCC1CNC(=O)C1CCCCCC1. The molecule has 1 amide bonds. The Morgan fingerprint density at radius 2 is 1.47 bits per heavy atom. The fourth-order valence-electron chi connectivity index (χ4n) is 3.78. The van der Waals surface area contributed by atoms with Crippen LogP contribution in [0.4, 0.5) is 0 Å². The molecule has 0 radical (unpaired) electrons. The summed E-state index contributed by atoms with van der Waals surface area (Å²) in [6.45, 7) is 1.64. The zero-order chi connectivity index (χ0) is 13.5. The zero-order valence-corrected chi connectivity index (χ0v) is 12.2. The Morgan fingerprint density at radius 1 is 0.895 bits per heavy atom. The van der Waals surface area contributed by atoms with Gasteiger partial charge in [0.2, 0.25) is 5.91 Å². The molecule has 0 aromatic heterocycles. The van der Waals surface area contributed by atoms with E-state index in [2.05, 4.69) is 5.32 Å². The molecular weight excluding hydrogens is 236 g/mol. The van der Waals surface area contributed by atoms with E-state index in [1.54, 1.807) is 0 Å². The first-order chi connectivity index (χ1) is 9.31. The van der Waals surface area contributed by atoms with Crippen LogP contribution in [-0.2, 0) is 4.79 Å². The lowest BCUT2D eigenvalue weighted by Crippen LogP contribution is -2.39. The highest BCUT2D eigenvalue weighted by Gasteiger charge is 2.26. The third-order valence-corrected chi connectivity index (χ3v) is 5.13. The van der Waals surface area contributed by atoms with Crippen molar-refractivity contribution in [3.05, 3.63) is 0 Å². The lowest BCUT2D eigenvalue weighted by Gasteiger charge is -2.31. The molecular formula is C16H30N2O. The summed E-state index contributed by atoms with van der Waals surface area (Å²) in [5.41, 5.74) is 5.85. The monoisotopic (exact) mass is 266 g/mol. The molecule has 2 aliphatic carbocycles. The number of hydrogen-bond acceptors (Lipinski definition) is 2. The largest absolute Gasteiger partial charge is 0.356 e. The van der Waals surface area contributed by atoms with E-state index in [0.29, 0.717) is 17.7 Å². The maximum absolute atomic E-state index is 12.2. The van der Waals surface area contributed by atoms with Crippen molar-refractivity contribution in [2.75, 3.05) is 13.1 Å². The Balaban J connectivity index is 1.75. The minimum atomic E-state index is 0.280. The standard InChI is InChI=1S/C16H30N2O/c17-11-14-9-5-6-10-15(14)12-18-16(19)13-7-3-1-2-4-8-13/h13-15H,1-12,17H2,(H,18,19). The van der Waals surface area contributed by atoms with Gasteiger partial charge in [-0.2, -0.15) is 0 Å². The molecule has 0 saturated heterocycles. The molecule has 0 bridgehead atoms. The topological polar surface area (TPSA) is 55.1 Å². The summed E-state index contributed by atoms with van der Waals surface area (Å²) < 4.78 is 0. The van der Waals surface area contributed by atoms with E-state index >= 15 is 0 Å². The zero-order valence-electron chi connectivity index (χ0n) is 12.2. The van der Waals surface area contributed by atoms with Gasteiger partial charge in [-0.05, 0) is 44.1 Å². The summed E-state index contributed by atoms with van der Waals surface area (Å²) in [5.74, 6) is 1.84. The van der Waals surface area contributed by atoms with Crippen LogP contribution in [0.15, 0.2) is 0 Å². The lowest BCUT2D eigenvalue weighted by molar-refractivity contribution is -0.125. The third-order valence-electron chi connectivity index (χ3n) is 5.13. The fourth-order valence-corrected chi connectivity index (χ4v) is 3.78. The normalized spacial score (nSPS) is 29.7.